The van der Waals surface area contributed by atoms with Gasteiger partial charge in [-0.25, -0.2) is 0 Å². The number of hydrogen-bond donors (Lipinski definition) is 1. The number of carbonyl (C=O) groups is 1. The first kappa shape index (κ1) is 16.7. The summed E-state index contributed by atoms with van der Waals surface area (Å²) in [4.78, 5) is 20.1. The van der Waals surface area contributed by atoms with Crippen LogP contribution in [0.3, 0.4) is 0 Å². The van der Waals surface area contributed by atoms with Crippen molar-refractivity contribution in [2.75, 3.05) is 18.0 Å². The number of carbonyl (C=O) groups excluding carboxylic acids is 1. The van der Waals surface area contributed by atoms with Gasteiger partial charge in [-0.2, -0.15) is 0 Å². The number of anilines is 1. The van der Waals surface area contributed by atoms with E-state index in [9.17, 15) is 4.79 Å². The van der Waals surface area contributed by atoms with Crippen LogP contribution in [0.15, 0.2) is 34.2 Å². The summed E-state index contributed by atoms with van der Waals surface area (Å²) in [5.41, 5.74) is 2.36. The lowest BCUT2D eigenvalue weighted by Crippen LogP contribution is -2.29. The standard InChI is InChI=1S/C20H25N3OS/c24-19-18(25-20(22-19)21-16-6-2-3-7-16)14-15-8-10-17(11-9-15)23-12-4-1-5-13-23/h8-11,14,16H,1-7,12-13H2,(H,21,22,24). The molecule has 2 saturated heterocycles. The molecule has 4 nitrogen and oxygen atoms in total. The lowest BCUT2D eigenvalue weighted by atomic mass is 10.1. The van der Waals surface area contributed by atoms with E-state index >= 15 is 0 Å². The second-order valence-corrected chi connectivity index (χ2v) is 8.11. The van der Waals surface area contributed by atoms with Crippen LogP contribution in [-0.4, -0.2) is 30.2 Å². The van der Waals surface area contributed by atoms with E-state index in [4.69, 9.17) is 4.99 Å². The van der Waals surface area contributed by atoms with Gasteiger partial charge in [0.15, 0.2) is 5.17 Å². The highest BCUT2D eigenvalue weighted by Crippen LogP contribution is 2.29. The number of hydrogen-bond acceptors (Lipinski definition) is 4. The summed E-state index contributed by atoms with van der Waals surface area (Å²) in [6, 6.07) is 8.95. The third-order valence-electron chi connectivity index (χ3n) is 5.19. The van der Waals surface area contributed by atoms with E-state index in [0.717, 1.165) is 41.6 Å². The van der Waals surface area contributed by atoms with Gasteiger partial charge in [0, 0.05) is 18.8 Å². The van der Waals surface area contributed by atoms with Gasteiger partial charge in [0.25, 0.3) is 5.91 Å². The molecule has 4 rings (SSSR count). The molecule has 0 atom stereocenters. The van der Waals surface area contributed by atoms with Crippen molar-refractivity contribution in [3.8, 4) is 0 Å². The highest BCUT2D eigenvalue weighted by Gasteiger charge is 2.25. The third-order valence-corrected chi connectivity index (χ3v) is 6.11. The molecule has 1 saturated carbocycles. The van der Waals surface area contributed by atoms with Crippen molar-refractivity contribution in [2.45, 2.75) is 51.0 Å². The van der Waals surface area contributed by atoms with Gasteiger partial charge in [0.1, 0.15) is 0 Å². The number of amidine groups is 1. The maximum atomic E-state index is 12.2. The van der Waals surface area contributed by atoms with Gasteiger partial charge in [0.2, 0.25) is 0 Å². The molecular weight excluding hydrogens is 330 g/mol. The van der Waals surface area contributed by atoms with Crippen LogP contribution in [0, 0.1) is 0 Å². The SMILES string of the molecule is O=C1NC(=NC2CCCC2)SC1=Cc1ccc(N2CCCCC2)cc1. The molecule has 1 aliphatic carbocycles. The number of piperidine rings is 1. The summed E-state index contributed by atoms with van der Waals surface area (Å²) in [6.07, 6.45) is 10.7. The minimum Gasteiger partial charge on any atom is -0.372 e. The number of rotatable bonds is 3. The van der Waals surface area contributed by atoms with Crippen molar-refractivity contribution in [1.82, 2.24) is 5.32 Å². The molecule has 0 radical (unpaired) electrons. The topological polar surface area (TPSA) is 44.7 Å². The number of aliphatic imine (C=N–C) groups is 1. The molecule has 2 heterocycles. The molecule has 5 heteroatoms. The normalized spacial score (nSPS) is 25.1. The molecule has 25 heavy (non-hydrogen) atoms. The van der Waals surface area contributed by atoms with Crippen LogP contribution in [0.1, 0.15) is 50.5 Å². The van der Waals surface area contributed by atoms with Gasteiger partial charge >= 0.3 is 0 Å². The van der Waals surface area contributed by atoms with Crippen LogP contribution in [0.4, 0.5) is 5.69 Å². The van der Waals surface area contributed by atoms with E-state index in [1.165, 1.54) is 49.6 Å². The second-order valence-electron chi connectivity index (χ2n) is 7.08. The fraction of sp³-hybridized carbons (Fsp3) is 0.500. The largest absolute Gasteiger partial charge is 0.372 e. The molecule has 1 aromatic carbocycles. The van der Waals surface area contributed by atoms with E-state index in [-0.39, 0.29) is 5.91 Å². The Morgan fingerprint density at radius 2 is 1.76 bits per heavy atom. The lowest BCUT2D eigenvalue weighted by Gasteiger charge is -2.28. The zero-order valence-corrected chi connectivity index (χ0v) is 15.4. The van der Waals surface area contributed by atoms with Crippen LogP contribution in [0.2, 0.25) is 0 Å². The second kappa shape index (κ2) is 7.65. The molecule has 132 valence electrons. The van der Waals surface area contributed by atoms with Crippen LogP contribution in [-0.2, 0) is 4.79 Å². The van der Waals surface area contributed by atoms with Gasteiger partial charge in [0.05, 0.1) is 10.9 Å². The molecule has 0 aromatic heterocycles. The third kappa shape index (κ3) is 4.09. The number of nitrogens with one attached hydrogen (secondary N) is 1. The molecule has 1 amide bonds. The van der Waals surface area contributed by atoms with Crippen molar-refractivity contribution < 1.29 is 4.79 Å². The van der Waals surface area contributed by atoms with Crippen molar-refractivity contribution in [2.24, 2.45) is 4.99 Å². The van der Waals surface area contributed by atoms with Gasteiger partial charge < -0.3 is 10.2 Å². The van der Waals surface area contributed by atoms with Gasteiger partial charge in [-0.15, -0.1) is 0 Å². The molecule has 0 spiro atoms. The molecule has 1 N–H and O–H groups in total. The first-order valence-electron chi connectivity index (χ1n) is 9.42. The Hall–Kier alpha value is -1.75. The maximum absolute atomic E-state index is 12.2. The summed E-state index contributed by atoms with van der Waals surface area (Å²) in [7, 11) is 0. The Morgan fingerprint density at radius 1 is 1.04 bits per heavy atom. The predicted octanol–water partition coefficient (Wildman–Crippen LogP) is 4.18. The molecule has 3 aliphatic rings. The number of amides is 1. The van der Waals surface area contributed by atoms with Gasteiger partial charge in [-0.1, -0.05) is 25.0 Å². The predicted molar refractivity (Wildman–Crippen MR) is 106 cm³/mol. The van der Waals surface area contributed by atoms with E-state index in [1.54, 1.807) is 0 Å². The van der Waals surface area contributed by atoms with Crippen molar-refractivity contribution >= 4 is 34.6 Å². The smallest absolute Gasteiger partial charge is 0.264 e. The summed E-state index contributed by atoms with van der Waals surface area (Å²) < 4.78 is 0. The van der Waals surface area contributed by atoms with Crippen LogP contribution in [0.5, 0.6) is 0 Å². The van der Waals surface area contributed by atoms with Gasteiger partial charge in [-0.05, 0) is 67.6 Å². The van der Waals surface area contributed by atoms with Crippen LogP contribution >= 0.6 is 11.8 Å². The molecule has 0 unspecified atom stereocenters. The lowest BCUT2D eigenvalue weighted by molar-refractivity contribution is -0.115. The Balaban J connectivity index is 1.44. The Kier molecular flexibility index (Phi) is 5.11. The first-order chi connectivity index (χ1) is 12.3. The van der Waals surface area contributed by atoms with E-state index in [1.807, 2.05) is 6.08 Å². The van der Waals surface area contributed by atoms with Crippen molar-refractivity contribution in [1.29, 1.82) is 0 Å². The molecular formula is C20H25N3OS. The highest BCUT2D eigenvalue weighted by atomic mass is 32.2. The number of nitrogens with zero attached hydrogens (tertiary/aromatic N) is 2. The van der Waals surface area contributed by atoms with Crippen LogP contribution < -0.4 is 10.2 Å². The molecule has 3 fully saturated rings. The summed E-state index contributed by atoms with van der Waals surface area (Å²) in [6.45, 7) is 2.30. The first-order valence-corrected chi connectivity index (χ1v) is 10.2. The maximum Gasteiger partial charge on any atom is 0.264 e. The van der Waals surface area contributed by atoms with Crippen LogP contribution in [0.25, 0.3) is 6.08 Å². The fourth-order valence-corrected chi connectivity index (χ4v) is 4.66. The molecule has 2 aliphatic heterocycles. The van der Waals surface area contributed by atoms with E-state index in [2.05, 4.69) is 34.5 Å². The minimum absolute atomic E-state index is 0.0261. The monoisotopic (exact) mass is 355 g/mol. The number of benzene rings is 1. The Bertz CT molecular complexity index is 683. The summed E-state index contributed by atoms with van der Waals surface area (Å²) >= 11 is 1.47. The average Bonchev–Trinajstić information content (AvgIpc) is 3.27. The zero-order chi connectivity index (χ0) is 17.1. The van der Waals surface area contributed by atoms with E-state index in [0.29, 0.717) is 6.04 Å². The Morgan fingerprint density at radius 3 is 2.48 bits per heavy atom. The summed E-state index contributed by atoms with van der Waals surface area (Å²) in [5.74, 6) is -0.0261. The zero-order valence-electron chi connectivity index (χ0n) is 14.5. The number of thioether (sulfide) groups is 1. The highest BCUT2D eigenvalue weighted by molar-refractivity contribution is 8.18. The minimum atomic E-state index is -0.0261. The summed E-state index contributed by atoms with van der Waals surface area (Å²) in [5, 5.41) is 3.68. The van der Waals surface area contributed by atoms with Crippen molar-refractivity contribution in [3.05, 3.63) is 34.7 Å². The van der Waals surface area contributed by atoms with Crippen molar-refractivity contribution in [3.63, 3.8) is 0 Å². The average molecular weight is 356 g/mol. The van der Waals surface area contributed by atoms with Gasteiger partial charge in [-0.3, -0.25) is 9.79 Å². The Labute approximate surface area is 153 Å². The quantitative estimate of drug-likeness (QED) is 0.827. The van der Waals surface area contributed by atoms with E-state index < -0.39 is 0 Å². The molecule has 0 bridgehead atoms. The molecule has 1 aromatic rings. The fourth-order valence-electron chi connectivity index (χ4n) is 3.77.